The summed E-state index contributed by atoms with van der Waals surface area (Å²) < 4.78 is 0. The Balaban J connectivity index is 1.83. The summed E-state index contributed by atoms with van der Waals surface area (Å²) in [5.41, 5.74) is 0.356. The van der Waals surface area contributed by atoms with Gasteiger partial charge in [0.05, 0.1) is 0 Å². The largest absolute Gasteiger partial charge is 0.300 e. The fraction of sp³-hybridized carbons (Fsp3) is 0.917. The molecule has 0 saturated heterocycles. The highest BCUT2D eigenvalue weighted by molar-refractivity contribution is 5.86. The first-order valence-electron chi connectivity index (χ1n) is 10.9. The van der Waals surface area contributed by atoms with Crippen LogP contribution in [0.2, 0.25) is 0 Å². The molecule has 4 aliphatic carbocycles. The average Bonchev–Trinajstić information content (AvgIpc) is 2.73. The van der Waals surface area contributed by atoms with Gasteiger partial charge in [0.15, 0.2) is 0 Å². The molecule has 4 rings (SSSR count). The Kier molecular flexibility index (Phi) is 3.76. The van der Waals surface area contributed by atoms with Gasteiger partial charge in [0.2, 0.25) is 0 Å². The molecule has 0 aromatic rings. The number of Topliss-reactive ketones (excluding diaryl/α,β-unsaturated/α-hetero) is 2. The van der Waals surface area contributed by atoms with Gasteiger partial charge in [0, 0.05) is 25.2 Å². The van der Waals surface area contributed by atoms with Crippen molar-refractivity contribution in [2.45, 2.75) is 87.0 Å². The van der Waals surface area contributed by atoms with Gasteiger partial charge in [0.1, 0.15) is 11.6 Å². The molecule has 4 aliphatic rings. The summed E-state index contributed by atoms with van der Waals surface area (Å²) in [5, 5.41) is 0. The highest BCUT2D eigenvalue weighted by atomic mass is 16.1. The summed E-state index contributed by atoms with van der Waals surface area (Å²) in [6.07, 6.45) is 5.78. The zero-order chi connectivity index (χ0) is 19.3. The normalized spacial score (nSPS) is 55.9. The minimum absolute atomic E-state index is 0.0273. The van der Waals surface area contributed by atoms with E-state index in [9.17, 15) is 9.59 Å². The van der Waals surface area contributed by atoms with Gasteiger partial charge in [-0.25, -0.2) is 0 Å². The van der Waals surface area contributed by atoms with Crippen LogP contribution in [-0.4, -0.2) is 11.6 Å². The van der Waals surface area contributed by atoms with Crippen LogP contribution >= 0.6 is 0 Å². The summed E-state index contributed by atoms with van der Waals surface area (Å²) >= 11 is 0. The van der Waals surface area contributed by atoms with Crippen LogP contribution in [0.15, 0.2) is 0 Å². The highest BCUT2D eigenvalue weighted by Gasteiger charge is 2.70. The van der Waals surface area contributed by atoms with Crippen molar-refractivity contribution in [1.82, 2.24) is 0 Å². The molecule has 0 aromatic heterocycles. The first-order valence-corrected chi connectivity index (χ1v) is 10.9. The second kappa shape index (κ2) is 5.23. The molecule has 0 aliphatic heterocycles. The molecule has 0 amide bonds. The predicted octanol–water partition coefficient (Wildman–Crippen LogP) is 5.69. The summed E-state index contributed by atoms with van der Waals surface area (Å²) in [6.45, 7) is 16.5. The van der Waals surface area contributed by atoms with Gasteiger partial charge < -0.3 is 0 Å². The zero-order valence-corrected chi connectivity index (χ0v) is 17.9. The molecule has 4 fully saturated rings. The molecule has 0 radical (unpaired) electrons. The Hall–Kier alpha value is -0.660. The third-order valence-electron chi connectivity index (χ3n) is 11.0. The Morgan fingerprint density at radius 2 is 1.54 bits per heavy atom. The third-order valence-corrected chi connectivity index (χ3v) is 11.0. The van der Waals surface area contributed by atoms with Crippen molar-refractivity contribution in [3.05, 3.63) is 0 Å². The predicted molar refractivity (Wildman–Crippen MR) is 105 cm³/mol. The van der Waals surface area contributed by atoms with E-state index in [0.29, 0.717) is 48.1 Å². The first kappa shape index (κ1) is 18.7. The minimum Gasteiger partial charge on any atom is -0.300 e. The summed E-state index contributed by atoms with van der Waals surface area (Å²) in [5.74, 6) is 3.12. The van der Waals surface area contributed by atoms with E-state index in [0.717, 1.165) is 12.8 Å². The topological polar surface area (TPSA) is 34.1 Å². The van der Waals surface area contributed by atoms with Crippen LogP contribution in [0.1, 0.15) is 87.0 Å². The Labute approximate surface area is 159 Å². The number of carbonyl (C=O) groups is 2. The lowest BCUT2D eigenvalue weighted by Crippen LogP contribution is -2.66. The molecular formula is C24H38O2. The van der Waals surface area contributed by atoms with Crippen molar-refractivity contribution < 1.29 is 9.59 Å². The monoisotopic (exact) mass is 358 g/mol. The number of hydrogen-bond donors (Lipinski definition) is 0. The molecule has 26 heavy (non-hydrogen) atoms. The van der Waals surface area contributed by atoms with Gasteiger partial charge in [-0.05, 0) is 64.6 Å². The van der Waals surface area contributed by atoms with Gasteiger partial charge in [-0.15, -0.1) is 0 Å². The minimum atomic E-state index is -0.0333. The Bertz CT molecular complexity index is 663. The first-order chi connectivity index (χ1) is 11.9. The molecule has 2 nitrogen and oxygen atoms in total. The van der Waals surface area contributed by atoms with Crippen molar-refractivity contribution >= 4 is 11.6 Å². The van der Waals surface area contributed by atoms with E-state index in [1.807, 2.05) is 0 Å². The van der Waals surface area contributed by atoms with Gasteiger partial charge in [0.25, 0.3) is 0 Å². The number of carbonyl (C=O) groups excluding carboxylic acids is 2. The Morgan fingerprint density at radius 1 is 0.885 bits per heavy atom. The van der Waals surface area contributed by atoms with Crippen LogP contribution < -0.4 is 0 Å². The standard InChI is InChI=1S/C24H38O2/c1-14-11-17-18-8-9-21(3,4)23(18,6)13-19(26)20(17)24(7)15(2)10-16(25)12-22(14,24)5/h14-15,17-18,20H,8-13H2,1-7H3. The second-order valence-electron chi connectivity index (χ2n) is 11.9. The molecule has 4 saturated carbocycles. The van der Waals surface area contributed by atoms with E-state index in [-0.39, 0.29) is 27.6 Å². The molecule has 0 N–H and O–H groups in total. The molecule has 146 valence electrons. The lowest BCUT2D eigenvalue weighted by atomic mass is 9.35. The molecular weight excluding hydrogens is 320 g/mol. The molecule has 0 spiro atoms. The van der Waals surface area contributed by atoms with Crippen molar-refractivity contribution in [2.24, 2.45) is 51.2 Å². The summed E-state index contributed by atoms with van der Waals surface area (Å²) in [6, 6.07) is 0. The molecule has 0 aromatic carbocycles. The Morgan fingerprint density at radius 3 is 2.19 bits per heavy atom. The number of rotatable bonds is 0. The summed E-state index contributed by atoms with van der Waals surface area (Å²) in [7, 11) is 0. The van der Waals surface area contributed by atoms with Crippen LogP contribution in [-0.2, 0) is 9.59 Å². The maximum Gasteiger partial charge on any atom is 0.137 e. The highest BCUT2D eigenvalue weighted by Crippen LogP contribution is 2.73. The van der Waals surface area contributed by atoms with Gasteiger partial charge in [-0.3, -0.25) is 9.59 Å². The average molecular weight is 359 g/mol. The van der Waals surface area contributed by atoms with Crippen LogP contribution in [0.4, 0.5) is 0 Å². The van der Waals surface area contributed by atoms with Crippen LogP contribution in [0.5, 0.6) is 0 Å². The van der Waals surface area contributed by atoms with Crippen LogP contribution in [0.25, 0.3) is 0 Å². The van der Waals surface area contributed by atoms with Crippen molar-refractivity contribution in [3.63, 3.8) is 0 Å². The third kappa shape index (κ3) is 1.95. The molecule has 8 atom stereocenters. The van der Waals surface area contributed by atoms with Crippen molar-refractivity contribution in [1.29, 1.82) is 0 Å². The van der Waals surface area contributed by atoms with Crippen molar-refractivity contribution in [2.75, 3.05) is 0 Å². The van der Waals surface area contributed by atoms with Gasteiger partial charge in [-0.1, -0.05) is 48.5 Å². The quantitative estimate of drug-likeness (QED) is 0.558. The van der Waals surface area contributed by atoms with Crippen molar-refractivity contribution in [3.8, 4) is 0 Å². The lowest BCUT2D eigenvalue weighted by Gasteiger charge is -2.67. The van der Waals surface area contributed by atoms with Crippen LogP contribution in [0, 0.1) is 51.2 Å². The second-order valence-corrected chi connectivity index (χ2v) is 11.9. The van der Waals surface area contributed by atoms with E-state index >= 15 is 0 Å². The van der Waals surface area contributed by atoms with E-state index < -0.39 is 0 Å². The molecule has 0 heterocycles. The van der Waals surface area contributed by atoms with E-state index in [4.69, 9.17) is 0 Å². The smallest absolute Gasteiger partial charge is 0.137 e. The van der Waals surface area contributed by atoms with Gasteiger partial charge in [-0.2, -0.15) is 0 Å². The van der Waals surface area contributed by atoms with Crippen LogP contribution in [0.3, 0.4) is 0 Å². The zero-order valence-electron chi connectivity index (χ0n) is 17.9. The van der Waals surface area contributed by atoms with Gasteiger partial charge >= 0.3 is 0 Å². The van der Waals surface area contributed by atoms with E-state index in [1.54, 1.807) is 0 Å². The fourth-order valence-corrected chi connectivity index (χ4v) is 8.53. The molecule has 8 unspecified atom stereocenters. The molecule has 2 heteroatoms. The van der Waals surface area contributed by atoms with E-state index in [1.165, 1.54) is 12.8 Å². The number of ketones is 2. The number of fused-ring (bicyclic) bond motifs is 5. The fourth-order valence-electron chi connectivity index (χ4n) is 8.53. The maximum absolute atomic E-state index is 13.7. The lowest BCUT2D eigenvalue weighted by molar-refractivity contribution is -0.202. The maximum atomic E-state index is 13.7. The molecule has 0 bridgehead atoms. The SMILES string of the molecule is CC1CC2C3CCC(C)(C)C3(C)CC(=O)C2C2(C)C(C)CC(=O)CC12C. The number of hydrogen-bond acceptors (Lipinski definition) is 2. The van der Waals surface area contributed by atoms with E-state index in [2.05, 4.69) is 48.5 Å². The summed E-state index contributed by atoms with van der Waals surface area (Å²) in [4.78, 5) is 26.2.